The van der Waals surface area contributed by atoms with Gasteiger partial charge in [-0.2, -0.15) is 0 Å². The number of halogens is 1. The van der Waals surface area contributed by atoms with Gasteiger partial charge in [-0.15, -0.1) is 0 Å². The van der Waals surface area contributed by atoms with Crippen molar-refractivity contribution in [2.75, 3.05) is 26.3 Å². The van der Waals surface area contributed by atoms with Gasteiger partial charge in [0.1, 0.15) is 12.7 Å². The lowest BCUT2D eigenvalue weighted by Crippen LogP contribution is -2.33. The summed E-state index contributed by atoms with van der Waals surface area (Å²) in [5.41, 5.74) is 0. The van der Waals surface area contributed by atoms with E-state index < -0.39 is 5.82 Å². The molecular formula is C12H16FN3O3. The quantitative estimate of drug-likeness (QED) is 0.784. The van der Waals surface area contributed by atoms with Crippen molar-refractivity contribution in [3.8, 4) is 6.01 Å². The molecule has 19 heavy (non-hydrogen) atoms. The predicted octanol–water partition coefficient (Wildman–Crippen LogP) is 0.632. The molecule has 0 bridgehead atoms. The normalized spacial score (nSPS) is 18.6. The maximum Gasteiger partial charge on any atom is 0.316 e. The van der Waals surface area contributed by atoms with E-state index in [1.54, 1.807) is 4.90 Å². The lowest BCUT2D eigenvalue weighted by atomic mass is 10.3. The topological polar surface area (TPSA) is 64.5 Å². The third-order valence-corrected chi connectivity index (χ3v) is 2.80. The Morgan fingerprint density at radius 2 is 2.26 bits per heavy atom. The van der Waals surface area contributed by atoms with Crippen LogP contribution in [-0.4, -0.2) is 53.2 Å². The van der Waals surface area contributed by atoms with E-state index in [9.17, 15) is 9.18 Å². The first kappa shape index (κ1) is 13.7. The molecule has 0 saturated carbocycles. The Morgan fingerprint density at radius 3 is 2.95 bits per heavy atom. The fraction of sp³-hybridized carbons (Fsp3) is 0.583. The molecule has 1 amide bonds. The van der Waals surface area contributed by atoms with Gasteiger partial charge in [-0.05, 0) is 6.92 Å². The van der Waals surface area contributed by atoms with Crippen molar-refractivity contribution in [2.45, 2.75) is 19.4 Å². The fourth-order valence-electron chi connectivity index (χ4n) is 1.84. The number of rotatable bonds is 5. The molecule has 1 aromatic rings. The Morgan fingerprint density at radius 1 is 1.53 bits per heavy atom. The van der Waals surface area contributed by atoms with E-state index in [4.69, 9.17) is 9.47 Å². The number of aromatic nitrogens is 2. The van der Waals surface area contributed by atoms with E-state index in [-0.39, 0.29) is 24.6 Å². The summed E-state index contributed by atoms with van der Waals surface area (Å²) in [6.45, 7) is 3.55. The van der Waals surface area contributed by atoms with Crippen molar-refractivity contribution in [3.05, 3.63) is 18.2 Å². The molecule has 1 aliphatic rings. The summed E-state index contributed by atoms with van der Waals surface area (Å²) in [6, 6.07) is 0.130. The van der Waals surface area contributed by atoms with E-state index in [1.165, 1.54) is 0 Å². The number of hydrogen-bond acceptors (Lipinski definition) is 5. The second-order valence-corrected chi connectivity index (χ2v) is 4.19. The van der Waals surface area contributed by atoms with Crippen molar-refractivity contribution in [3.63, 3.8) is 0 Å². The Kier molecular flexibility index (Phi) is 4.62. The molecule has 0 radical (unpaired) electrons. The molecule has 0 aromatic carbocycles. The number of ether oxygens (including phenoxy) is 2. The smallest absolute Gasteiger partial charge is 0.316 e. The molecule has 104 valence electrons. The average Bonchev–Trinajstić information content (AvgIpc) is 2.87. The van der Waals surface area contributed by atoms with Gasteiger partial charge < -0.3 is 14.4 Å². The molecule has 0 spiro atoms. The molecule has 7 heteroatoms. The van der Waals surface area contributed by atoms with Crippen LogP contribution in [0, 0.1) is 5.82 Å². The molecule has 1 saturated heterocycles. The molecule has 1 fully saturated rings. The van der Waals surface area contributed by atoms with Crippen LogP contribution < -0.4 is 4.74 Å². The lowest BCUT2D eigenvalue weighted by molar-refractivity contribution is -0.135. The minimum atomic E-state index is -0.507. The van der Waals surface area contributed by atoms with E-state index in [2.05, 4.69) is 9.97 Å². The first-order valence-corrected chi connectivity index (χ1v) is 6.18. The fourth-order valence-corrected chi connectivity index (χ4v) is 1.84. The highest BCUT2D eigenvalue weighted by atomic mass is 19.1. The Balaban J connectivity index is 1.81. The first-order chi connectivity index (χ1) is 9.19. The third kappa shape index (κ3) is 3.85. The van der Waals surface area contributed by atoms with Crippen LogP contribution in [0.1, 0.15) is 13.3 Å². The van der Waals surface area contributed by atoms with E-state index in [1.807, 2.05) is 6.92 Å². The van der Waals surface area contributed by atoms with Gasteiger partial charge >= 0.3 is 6.01 Å². The minimum Gasteiger partial charge on any atom is -0.458 e. The van der Waals surface area contributed by atoms with E-state index in [0.29, 0.717) is 26.1 Å². The number of amides is 1. The third-order valence-electron chi connectivity index (χ3n) is 2.80. The molecule has 1 aliphatic heterocycles. The predicted molar refractivity (Wildman–Crippen MR) is 64.1 cm³/mol. The van der Waals surface area contributed by atoms with Crippen LogP contribution in [0.15, 0.2) is 12.4 Å². The number of nitrogens with zero attached hydrogens (tertiary/aromatic N) is 3. The second-order valence-electron chi connectivity index (χ2n) is 4.19. The average molecular weight is 269 g/mol. The molecule has 0 N–H and O–H groups in total. The van der Waals surface area contributed by atoms with Crippen LogP contribution in [0.2, 0.25) is 0 Å². The van der Waals surface area contributed by atoms with Crippen LogP contribution in [0.4, 0.5) is 4.39 Å². The molecule has 2 heterocycles. The highest BCUT2D eigenvalue weighted by molar-refractivity contribution is 5.77. The summed E-state index contributed by atoms with van der Waals surface area (Å²) < 4.78 is 23.2. The van der Waals surface area contributed by atoms with Crippen molar-refractivity contribution in [1.29, 1.82) is 0 Å². The summed E-state index contributed by atoms with van der Waals surface area (Å²) >= 11 is 0. The number of likely N-dealkylation sites (tertiary alicyclic amines) is 1. The lowest BCUT2D eigenvalue weighted by Gasteiger charge is -2.16. The number of hydrogen-bond donors (Lipinski definition) is 0. The summed E-state index contributed by atoms with van der Waals surface area (Å²) in [5.74, 6) is -0.555. The van der Waals surface area contributed by atoms with Crippen LogP contribution in [0.3, 0.4) is 0 Å². The Hall–Kier alpha value is -1.76. The van der Waals surface area contributed by atoms with E-state index >= 15 is 0 Å². The summed E-state index contributed by atoms with van der Waals surface area (Å²) in [5, 5.41) is 0. The van der Waals surface area contributed by atoms with Crippen LogP contribution in [-0.2, 0) is 9.53 Å². The SMILES string of the molecule is CCOCC(=O)N1CCC(Oc2ncc(F)cn2)C1. The second kappa shape index (κ2) is 6.42. The summed E-state index contributed by atoms with van der Waals surface area (Å²) in [4.78, 5) is 20.8. The molecule has 1 unspecified atom stereocenters. The van der Waals surface area contributed by atoms with Gasteiger partial charge in [-0.25, -0.2) is 14.4 Å². The van der Waals surface area contributed by atoms with Crippen molar-refractivity contribution >= 4 is 5.91 Å². The molecular weight excluding hydrogens is 253 g/mol. The van der Waals surface area contributed by atoms with Crippen LogP contribution in [0.5, 0.6) is 6.01 Å². The molecule has 1 aromatic heterocycles. The monoisotopic (exact) mass is 269 g/mol. The zero-order valence-corrected chi connectivity index (χ0v) is 10.7. The van der Waals surface area contributed by atoms with Gasteiger partial charge in [-0.3, -0.25) is 4.79 Å². The van der Waals surface area contributed by atoms with E-state index in [0.717, 1.165) is 12.4 Å². The van der Waals surface area contributed by atoms with Crippen LogP contribution in [0.25, 0.3) is 0 Å². The molecule has 0 aliphatic carbocycles. The maximum absolute atomic E-state index is 12.6. The Labute approximate surface area is 110 Å². The number of carbonyl (C=O) groups excluding carboxylic acids is 1. The maximum atomic E-state index is 12.6. The highest BCUT2D eigenvalue weighted by Gasteiger charge is 2.28. The van der Waals surface area contributed by atoms with Gasteiger partial charge in [0.2, 0.25) is 5.91 Å². The van der Waals surface area contributed by atoms with Gasteiger partial charge in [0.25, 0.3) is 0 Å². The standard InChI is InChI=1S/C12H16FN3O3/c1-2-18-8-11(17)16-4-3-10(7-16)19-12-14-5-9(13)6-15-12/h5-6,10H,2-4,7-8H2,1H3. The summed E-state index contributed by atoms with van der Waals surface area (Å²) in [7, 11) is 0. The molecule has 6 nitrogen and oxygen atoms in total. The first-order valence-electron chi connectivity index (χ1n) is 6.18. The van der Waals surface area contributed by atoms with Gasteiger partial charge in [0.05, 0.1) is 18.9 Å². The van der Waals surface area contributed by atoms with Crippen LogP contribution >= 0.6 is 0 Å². The minimum absolute atomic E-state index is 0.0482. The zero-order valence-electron chi connectivity index (χ0n) is 10.7. The van der Waals surface area contributed by atoms with Crippen molar-refractivity contribution in [2.24, 2.45) is 0 Å². The zero-order chi connectivity index (χ0) is 13.7. The number of carbonyl (C=O) groups is 1. The van der Waals surface area contributed by atoms with Gasteiger partial charge in [0, 0.05) is 19.6 Å². The highest BCUT2D eigenvalue weighted by Crippen LogP contribution is 2.15. The summed E-state index contributed by atoms with van der Waals surface area (Å²) in [6.07, 6.45) is 2.65. The van der Waals surface area contributed by atoms with Gasteiger partial charge in [0.15, 0.2) is 5.82 Å². The van der Waals surface area contributed by atoms with Crippen molar-refractivity contribution in [1.82, 2.24) is 14.9 Å². The molecule has 1 atom stereocenters. The largest absolute Gasteiger partial charge is 0.458 e. The Bertz CT molecular complexity index is 427. The van der Waals surface area contributed by atoms with Gasteiger partial charge in [-0.1, -0.05) is 0 Å². The molecule has 2 rings (SSSR count). The van der Waals surface area contributed by atoms with Crippen molar-refractivity contribution < 1.29 is 18.7 Å².